The smallest absolute Gasteiger partial charge is 0.341 e. The van der Waals surface area contributed by atoms with Gasteiger partial charge in [0.25, 0.3) is 0 Å². The van der Waals surface area contributed by atoms with Crippen molar-refractivity contribution < 1.29 is 9.90 Å². The van der Waals surface area contributed by atoms with Crippen molar-refractivity contribution >= 4 is 19.3 Å². The quantitative estimate of drug-likeness (QED) is 0.789. The van der Waals surface area contributed by atoms with Crippen LogP contribution in [0, 0.1) is 6.92 Å². The van der Waals surface area contributed by atoms with Crippen molar-refractivity contribution in [3.8, 4) is 0 Å². The van der Waals surface area contributed by atoms with E-state index in [2.05, 4.69) is 0 Å². The van der Waals surface area contributed by atoms with Crippen LogP contribution in [0.1, 0.15) is 48.8 Å². The van der Waals surface area contributed by atoms with Crippen LogP contribution in [0.2, 0.25) is 0 Å². The summed E-state index contributed by atoms with van der Waals surface area (Å²) in [5, 5.41) is 8.96. The third kappa shape index (κ3) is 2.43. The lowest BCUT2D eigenvalue weighted by Gasteiger charge is -2.22. The number of carboxylic acids is 1. The molecule has 0 fully saturated rings. The molecule has 1 aromatic rings. The summed E-state index contributed by atoms with van der Waals surface area (Å²) in [5.41, 5.74) is -0.206. The zero-order chi connectivity index (χ0) is 13.2. The SMILES string of the molecule is [B]c1c(C)n(C(CC)CC)cc(C(=O)O)c1=O. The lowest BCUT2D eigenvalue weighted by Crippen LogP contribution is -2.36. The second kappa shape index (κ2) is 5.21. The number of hydrogen-bond donors (Lipinski definition) is 1. The molecule has 0 saturated carbocycles. The molecule has 0 bridgehead atoms. The molecule has 0 atom stereocenters. The Labute approximate surface area is 102 Å². The Morgan fingerprint density at radius 1 is 1.47 bits per heavy atom. The number of nitrogens with zero attached hydrogens (tertiary/aromatic N) is 1. The van der Waals surface area contributed by atoms with Crippen molar-refractivity contribution in [3.63, 3.8) is 0 Å². The second-order valence-corrected chi connectivity index (χ2v) is 4.05. The van der Waals surface area contributed by atoms with E-state index in [4.69, 9.17) is 13.0 Å². The van der Waals surface area contributed by atoms with Gasteiger partial charge in [-0.05, 0) is 25.2 Å². The van der Waals surface area contributed by atoms with E-state index in [1.165, 1.54) is 6.20 Å². The molecule has 0 aliphatic carbocycles. The van der Waals surface area contributed by atoms with Crippen LogP contribution in [0.5, 0.6) is 0 Å². The minimum Gasteiger partial charge on any atom is -0.477 e. The summed E-state index contributed by atoms with van der Waals surface area (Å²) in [6.07, 6.45) is 3.12. The minimum absolute atomic E-state index is 0.0248. The number of pyridine rings is 1. The van der Waals surface area contributed by atoms with Crippen molar-refractivity contribution in [1.82, 2.24) is 4.57 Å². The van der Waals surface area contributed by atoms with Gasteiger partial charge in [0.15, 0.2) is 5.43 Å². The minimum atomic E-state index is -1.23. The summed E-state index contributed by atoms with van der Waals surface area (Å²) in [6, 6.07) is 0.163. The van der Waals surface area contributed by atoms with Crippen molar-refractivity contribution in [3.05, 3.63) is 27.7 Å². The van der Waals surface area contributed by atoms with Crippen molar-refractivity contribution in [2.75, 3.05) is 0 Å². The van der Waals surface area contributed by atoms with E-state index in [0.29, 0.717) is 5.69 Å². The molecular formula is C12H16BNO3. The fourth-order valence-electron chi connectivity index (χ4n) is 1.96. The molecule has 1 rings (SSSR count). The Balaban J connectivity index is 3.52. The summed E-state index contributed by atoms with van der Waals surface area (Å²) in [5.74, 6) is -1.23. The summed E-state index contributed by atoms with van der Waals surface area (Å²) < 4.78 is 1.79. The molecule has 0 aliphatic rings. The first-order valence-corrected chi connectivity index (χ1v) is 5.68. The maximum Gasteiger partial charge on any atom is 0.341 e. The molecule has 0 aromatic carbocycles. The van der Waals surface area contributed by atoms with Crippen LogP contribution in [-0.2, 0) is 0 Å². The molecule has 1 N–H and O–H groups in total. The maximum absolute atomic E-state index is 11.7. The number of carboxylic acid groups (broad SMARTS) is 1. The molecule has 2 radical (unpaired) electrons. The van der Waals surface area contributed by atoms with Gasteiger partial charge in [0.2, 0.25) is 0 Å². The molecule has 0 spiro atoms. The highest BCUT2D eigenvalue weighted by Crippen LogP contribution is 2.16. The highest BCUT2D eigenvalue weighted by atomic mass is 16.4. The van der Waals surface area contributed by atoms with Gasteiger partial charge < -0.3 is 9.67 Å². The van der Waals surface area contributed by atoms with Crippen LogP contribution in [0.15, 0.2) is 11.0 Å². The van der Waals surface area contributed by atoms with Crippen LogP contribution < -0.4 is 10.9 Å². The second-order valence-electron chi connectivity index (χ2n) is 4.05. The van der Waals surface area contributed by atoms with Gasteiger partial charge in [0.1, 0.15) is 13.4 Å². The molecule has 0 amide bonds. The van der Waals surface area contributed by atoms with Crippen LogP contribution >= 0.6 is 0 Å². The van der Waals surface area contributed by atoms with Crippen LogP contribution in [-0.4, -0.2) is 23.5 Å². The molecule has 17 heavy (non-hydrogen) atoms. The van der Waals surface area contributed by atoms with Gasteiger partial charge in [-0.2, -0.15) is 0 Å². The number of hydrogen-bond acceptors (Lipinski definition) is 2. The normalized spacial score (nSPS) is 10.8. The largest absolute Gasteiger partial charge is 0.477 e. The topological polar surface area (TPSA) is 59.3 Å². The van der Waals surface area contributed by atoms with Gasteiger partial charge in [-0.3, -0.25) is 4.79 Å². The third-order valence-electron chi connectivity index (χ3n) is 3.10. The molecular weight excluding hydrogens is 217 g/mol. The molecule has 5 heteroatoms. The fourth-order valence-corrected chi connectivity index (χ4v) is 1.96. The van der Waals surface area contributed by atoms with Crippen LogP contribution in [0.25, 0.3) is 0 Å². The van der Waals surface area contributed by atoms with Crippen molar-refractivity contribution in [2.45, 2.75) is 39.7 Å². The summed E-state index contributed by atoms with van der Waals surface area (Å²) in [4.78, 5) is 22.6. The van der Waals surface area contributed by atoms with Gasteiger partial charge in [0, 0.05) is 17.9 Å². The number of aromatic nitrogens is 1. The molecule has 0 aliphatic heterocycles. The Morgan fingerprint density at radius 2 is 2.00 bits per heavy atom. The van der Waals surface area contributed by atoms with E-state index >= 15 is 0 Å². The molecule has 1 heterocycles. The standard InChI is InChI=1S/C12H16BNO3/c1-4-8(5-2)14-6-9(12(16)17)11(15)10(13)7(14)3/h6,8H,4-5H2,1-3H3,(H,16,17). The predicted molar refractivity (Wildman–Crippen MR) is 67.4 cm³/mol. The first-order valence-electron chi connectivity index (χ1n) is 5.68. The highest BCUT2D eigenvalue weighted by molar-refractivity contribution is 6.33. The van der Waals surface area contributed by atoms with Gasteiger partial charge in [0.05, 0.1) is 0 Å². The van der Waals surface area contributed by atoms with E-state index in [9.17, 15) is 9.59 Å². The molecule has 90 valence electrons. The monoisotopic (exact) mass is 233 g/mol. The number of aromatic carboxylic acids is 1. The van der Waals surface area contributed by atoms with E-state index in [1.54, 1.807) is 11.5 Å². The Morgan fingerprint density at radius 3 is 2.41 bits per heavy atom. The Hall–Kier alpha value is -1.52. The highest BCUT2D eigenvalue weighted by Gasteiger charge is 2.17. The van der Waals surface area contributed by atoms with Gasteiger partial charge in [-0.15, -0.1) is 0 Å². The Bertz CT molecular complexity index is 489. The van der Waals surface area contributed by atoms with Crippen LogP contribution in [0.3, 0.4) is 0 Å². The van der Waals surface area contributed by atoms with Crippen molar-refractivity contribution in [2.24, 2.45) is 0 Å². The van der Waals surface area contributed by atoms with E-state index in [0.717, 1.165) is 12.8 Å². The van der Waals surface area contributed by atoms with Gasteiger partial charge >= 0.3 is 5.97 Å². The number of rotatable bonds is 4. The first-order chi connectivity index (χ1) is 7.93. The average Bonchev–Trinajstić information content (AvgIpc) is 2.30. The van der Waals surface area contributed by atoms with E-state index in [1.807, 2.05) is 13.8 Å². The van der Waals surface area contributed by atoms with Gasteiger partial charge in [-0.1, -0.05) is 13.8 Å². The number of carbonyl (C=O) groups is 1. The van der Waals surface area contributed by atoms with Gasteiger partial charge in [-0.25, -0.2) is 4.79 Å². The van der Waals surface area contributed by atoms with E-state index in [-0.39, 0.29) is 17.1 Å². The molecule has 1 aromatic heterocycles. The molecule has 0 saturated heterocycles. The van der Waals surface area contributed by atoms with Crippen molar-refractivity contribution in [1.29, 1.82) is 0 Å². The summed E-state index contributed by atoms with van der Waals surface area (Å²) in [7, 11) is 5.67. The predicted octanol–water partition coefficient (Wildman–Crippen LogP) is 1.01. The molecule has 0 unspecified atom stereocenters. The Kier molecular flexibility index (Phi) is 4.15. The van der Waals surface area contributed by atoms with E-state index < -0.39 is 11.4 Å². The zero-order valence-electron chi connectivity index (χ0n) is 10.4. The van der Waals surface area contributed by atoms with Crippen LogP contribution in [0.4, 0.5) is 0 Å². The average molecular weight is 233 g/mol. The summed E-state index contributed by atoms with van der Waals surface area (Å²) >= 11 is 0. The molecule has 4 nitrogen and oxygen atoms in total. The lowest BCUT2D eigenvalue weighted by atomic mass is 9.91. The lowest BCUT2D eigenvalue weighted by molar-refractivity contribution is 0.0694. The third-order valence-corrected chi connectivity index (χ3v) is 3.10. The summed E-state index contributed by atoms with van der Waals surface area (Å²) in [6.45, 7) is 5.77. The maximum atomic E-state index is 11.7. The fraction of sp³-hybridized carbons (Fsp3) is 0.500. The zero-order valence-corrected chi connectivity index (χ0v) is 10.4. The first kappa shape index (κ1) is 13.5.